The molecule has 1 aromatic heterocycles. The van der Waals surface area contributed by atoms with Crippen LogP contribution in [0.2, 0.25) is 0 Å². The molecule has 3 rings (SSSR count). The van der Waals surface area contributed by atoms with Crippen LogP contribution >= 0.6 is 0 Å². The highest BCUT2D eigenvalue weighted by molar-refractivity contribution is 5.92. The molecule has 2 aromatic carbocycles. The van der Waals surface area contributed by atoms with Gasteiger partial charge in [-0.15, -0.1) is 0 Å². The summed E-state index contributed by atoms with van der Waals surface area (Å²) in [5.74, 6) is 0.132. The van der Waals surface area contributed by atoms with E-state index in [1.807, 2.05) is 6.92 Å². The van der Waals surface area contributed by atoms with Crippen LogP contribution in [0.4, 0.5) is 5.69 Å². The van der Waals surface area contributed by atoms with Crippen molar-refractivity contribution < 1.29 is 28.2 Å². The maximum absolute atomic E-state index is 12.1. The molecule has 30 heavy (non-hydrogen) atoms. The van der Waals surface area contributed by atoms with E-state index in [2.05, 4.69) is 5.32 Å². The van der Waals surface area contributed by atoms with E-state index in [1.165, 1.54) is 19.1 Å². The number of fused-ring (bicyclic) bond motifs is 1. The number of nitrogens with one attached hydrogen (secondary N) is 1. The number of amides is 1. The Morgan fingerprint density at radius 3 is 2.47 bits per heavy atom. The SMILES string of the molecule is CCOc1ccccc1OCC(=O)OCc1cc(=O)oc2cc(NC(C)=O)ccc12. The summed E-state index contributed by atoms with van der Waals surface area (Å²) in [5.41, 5.74) is 0.671. The van der Waals surface area contributed by atoms with E-state index in [4.69, 9.17) is 18.6 Å². The first kappa shape index (κ1) is 20.9. The van der Waals surface area contributed by atoms with Crippen LogP contribution in [-0.2, 0) is 20.9 Å². The fourth-order valence-electron chi connectivity index (χ4n) is 2.81. The molecule has 0 aliphatic carbocycles. The molecular formula is C22H21NO7. The first-order valence-corrected chi connectivity index (χ1v) is 9.31. The fourth-order valence-corrected chi connectivity index (χ4v) is 2.81. The minimum absolute atomic E-state index is 0.128. The molecule has 0 saturated heterocycles. The number of para-hydroxylation sites is 2. The number of carbonyl (C=O) groups excluding carboxylic acids is 2. The molecule has 1 heterocycles. The summed E-state index contributed by atoms with van der Waals surface area (Å²) < 4.78 is 21.4. The Kier molecular flexibility index (Phi) is 6.69. The van der Waals surface area contributed by atoms with Crippen LogP contribution in [0, 0.1) is 0 Å². The van der Waals surface area contributed by atoms with Gasteiger partial charge in [-0.3, -0.25) is 4.79 Å². The summed E-state index contributed by atoms with van der Waals surface area (Å²) in [6.45, 7) is 3.27. The summed E-state index contributed by atoms with van der Waals surface area (Å²) in [4.78, 5) is 35.2. The molecule has 0 bridgehead atoms. The highest BCUT2D eigenvalue weighted by Gasteiger charge is 2.12. The van der Waals surface area contributed by atoms with E-state index >= 15 is 0 Å². The number of esters is 1. The summed E-state index contributed by atoms with van der Waals surface area (Å²) in [6.07, 6.45) is 0. The molecule has 156 valence electrons. The summed E-state index contributed by atoms with van der Waals surface area (Å²) in [7, 11) is 0. The van der Waals surface area contributed by atoms with Crippen molar-refractivity contribution >= 4 is 28.5 Å². The molecule has 0 atom stereocenters. The van der Waals surface area contributed by atoms with E-state index in [1.54, 1.807) is 36.4 Å². The number of carbonyl (C=O) groups is 2. The molecule has 1 amide bonds. The van der Waals surface area contributed by atoms with E-state index in [0.717, 1.165) is 0 Å². The lowest BCUT2D eigenvalue weighted by molar-refractivity contribution is -0.147. The Morgan fingerprint density at radius 2 is 1.77 bits per heavy atom. The van der Waals surface area contributed by atoms with Crippen molar-refractivity contribution in [1.82, 2.24) is 0 Å². The quantitative estimate of drug-likeness (QED) is 0.448. The molecule has 0 fully saturated rings. The van der Waals surface area contributed by atoms with Gasteiger partial charge in [0, 0.05) is 35.7 Å². The number of hydrogen-bond acceptors (Lipinski definition) is 7. The second-order valence-electron chi connectivity index (χ2n) is 6.31. The van der Waals surface area contributed by atoms with Gasteiger partial charge >= 0.3 is 11.6 Å². The average Bonchev–Trinajstić information content (AvgIpc) is 2.70. The molecule has 1 N–H and O–H groups in total. The first-order chi connectivity index (χ1) is 14.5. The predicted molar refractivity (Wildman–Crippen MR) is 110 cm³/mol. The summed E-state index contributed by atoms with van der Waals surface area (Å²) >= 11 is 0. The third kappa shape index (κ3) is 5.38. The lowest BCUT2D eigenvalue weighted by atomic mass is 10.1. The van der Waals surface area contributed by atoms with Gasteiger partial charge in [-0.25, -0.2) is 9.59 Å². The van der Waals surface area contributed by atoms with Crippen molar-refractivity contribution in [3.05, 3.63) is 64.5 Å². The normalized spacial score (nSPS) is 10.5. The van der Waals surface area contributed by atoms with Gasteiger partial charge in [0.1, 0.15) is 12.2 Å². The highest BCUT2D eigenvalue weighted by Crippen LogP contribution is 2.26. The summed E-state index contributed by atoms with van der Waals surface area (Å²) in [5, 5.41) is 3.22. The zero-order chi connectivity index (χ0) is 21.5. The monoisotopic (exact) mass is 411 g/mol. The molecule has 0 spiro atoms. The molecule has 0 aliphatic heterocycles. The number of hydrogen-bond donors (Lipinski definition) is 1. The second-order valence-corrected chi connectivity index (χ2v) is 6.31. The zero-order valence-electron chi connectivity index (χ0n) is 16.6. The van der Waals surface area contributed by atoms with Gasteiger partial charge in [-0.2, -0.15) is 0 Å². The molecule has 0 unspecified atom stereocenters. The summed E-state index contributed by atoms with van der Waals surface area (Å²) in [6, 6.07) is 13.2. The maximum Gasteiger partial charge on any atom is 0.344 e. The Balaban J connectivity index is 1.67. The fraction of sp³-hybridized carbons (Fsp3) is 0.227. The van der Waals surface area contributed by atoms with Gasteiger partial charge in [0.25, 0.3) is 0 Å². The van der Waals surface area contributed by atoms with Gasteiger partial charge < -0.3 is 23.9 Å². The Bertz CT molecular complexity index is 1120. The van der Waals surface area contributed by atoms with Gasteiger partial charge in [0.05, 0.1) is 6.61 Å². The van der Waals surface area contributed by atoms with E-state index in [9.17, 15) is 14.4 Å². The van der Waals surface area contributed by atoms with Crippen molar-refractivity contribution in [2.24, 2.45) is 0 Å². The van der Waals surface area contributed by atoms with Crippen LogP contribution < -0.4 is 20.4 Å². The maximum atomic E-state index is 12.1. The number of ether oxygens (including phenoxy) is 3. The lowest BCUT2D eigenvalue weighted by Gasteiger charge is -2.12. The van der Waals surface area contributed by atoms with Crippen LogP contribution in [0.5, 0.6) is 11.5 Å². The van der Waals surface area contributed by atoms with Crippen molar-refractivity contribution in [1.29, 1.82) is 0 Å². The number of anilines is 1. The number of benzene rings is 2. The average molecular weight is 411 g/mol. The molecule has 0 saturated carbocycles. The van der Waals surface area contributed by atoms with Crippen LogP contribution in [0.3, 0.4) is 0 Å². The number of rotatable bonds is 8. The van der Waals surface area contributed by atoms with Crippen LogP contribution in [0.25, 0.3) is 11.0 Å². The molecular weight excluding hydrogens is 390 g/mol. The lowest BCUT2D eigenvalue weighted by Crippen LogP contribution is -2.16. The van der Waals surface area contributed by atoms with Crippen LogP contribution in [-0.4, -0.2) is 25.1 Å². The third-order valence-electron chi connectivity index (χ3n) is 4.03. The highest BCUT2D eigenvalue weighted by atomic mass is 16.6. The third-order valence-corrected chi connectivity index (χ3v) is 4.03. The van der Waals surface area contributed by atoms with Gasteiger partial charge in [-0.1, -0.05) is 12.1 Å². The molecule has 8 heteroatoms. The van der Waals surface area contributed by atoms with E-state index in [-0.39, 0.29) is 24.7 Å². The largest absolute Gasteiger partial charge is 0.490 e. The van der Waals surface area contributed by atoms with Crippen LogP contribution in [0.1, 0.15) is 19.4 Å². The smallest absolute Gasteiger partial charge is 0.344 e. The first-order valence-electron chi connectivity index (χ1n) is 9.31. The van der Waals surface area contributed by atoms with Crippen molar-refractivity contribution in [2.45, 2.75) is 20.5 Å². The molecule has 0 aliphatic rings. The Hall–Kier alpha value is -3.81. The topological polar surface area (TPSA) is 104 Å². The second kappa shape index (κ2) is 9.60. The molecule has 3 aromatic rings. The Morgan fingerprint density at radius 1 is 1.03 bits per heavy atom. The van der Waals surface area contributed by atoms with Crippen molar-refractivity contribution in [3.8, 4) is 11.5 Å². The van der Waals surface area contributed by atoms with Crippen molar-refractivity contribution in [3.63, 3.8) is 0 Å². The van der Waals surface area contributed by atoms with Gasteiger partial charge in [0.15, 0.2) is 18.1 Å². The van der Waals surface area contributed by atoms with Gasteiger partial charge in [0.2, 0.25) is 5.91 Å². The molecule has 0 radical (unpaired) electrons. The minimum atomic E-state index is -0.599. The van der Waals surface area contributed by atoms with Crippen LogP contribution in [0.15, 0.2) is 57.7 Å². The van der Waals surface area contributed by atoms with E-state index in [0.29, 0.717) is 34.7 Å². The van der Waals surface area contributed by atoms with E-state index < -0.39 is 11.6 Å². The van der Waals surface area contributed by atoms with Crippen molar-refractivity contribution in [2.75, 3.05) is 18.5 Å². The minimum Gasteiger partial charge on any atom is -0.490 e. The molecule has 8 nitrogen and oxygen atoms in total. The zero-order valence-corrected chi connectivity index (χ0v) is 16.6. The van der Waals surface area contributed by atoms with Gasteiger partial charge in [-0.05, 0) is 31.2 Å². The Labute approximate surface area is 172 Å². The standard InChI is InChI=1S/C22H21NO7/c1-3-27-18-6-4-5-7-19(18)28-13-22(26)29-12-15-10-21(25)30-20-11-16(23-14(2)24)8-9-17(15)20/h4-11H,3,12-13H2,1-2H3,(H,23,24). The predicted octanol–water partition coefficient (Wildman–Crippen LogP) is 3.27.